The molecule has 1 amide bonds. The fourth-order valence-corrected chi connectivity index (χ4v) is 4.53. The van der Waals surface area contributed by atoms with Gasteiger partial charge in [0.2, 0.25) is 0 Å². The van der Waals surface area contributed by atoms with Crippen molar-refractivity contribution in [2.45, 2.75) is 25.8 Å². The number of carbonyl (C=O) groups excluding carboxylic acids is 1. The van der Waals surface area contributed by atoms with E-state index in [9.17, 15) is 9.18 Å². The van der Waals surface area contributed by atoms with E-state index in [1.165, 1.54) is 24.0 Å². The van der Waals surface area contributed by atoms with Crippen molar-refractivity contribution in [2.75, 3.05) is 11.1 Å². The van der Waals surface area contributed by atoms with Crippen molar-refractivity contribution in [3.63, 3.8) is 0 Å². The summed E-state index contributed by atoms with van der Waals surface area (Å²) in [4.78, 5) is 17.3. The molecule has 4 rings (SSSR count). The highest BCUT2D eigenvalue weighted by Gasteiger charge is 2.32. The number of amides is 1. The molecule has 8 heteroatoms. The van der Waals surface area contributed by atoms with Crippen molar-refractivity contribution in [1.82, 2.24) is 9.78 Å². The zero-order valence-electron chi connectivity index (χ0n) is 16.7. The van der Waals surface area contributed by atoms with Gasteiger partial charge < -0.3 is 11.1 Å². The van der Waals surface area contributed by atoms with E-state index in [1.807, 2.05) is 44.2 Å². The lowest BCUT2D eigenvalue weighted by Crippen LogP contribution is -2.29. The molecule has 0 aliphatic carbocycles. The standard InChI is InChI=1S/C22H22FN5OS/c1-14-17(13-25-28(14)16-6-4-3-5-7-16)20(29)26-15-8-9-19(23)18(12-15)22(2)10-11-30-21(24)27-22/h3-9,12-13H,10-11H2,1-2H3,(H2,24,27)(H,26,29). The lowest BCUT2D eigenvalue weighted by atomic mass is 9.89. The van der Waals surface area contributed by atoms with Crippen LogP contribution in [0, 0.1) is 12.7 Å². The van der Waals surface area contributed by atoms with Gasteiger partial charge in [0.15, 0.2) is 5.17 Å². The molecule has 3 N–H and O–H groups in total. The van der Waals surface area contributed by atoms with Crippen molar-refractivity contribution < 1.29 is 9.18 Å². The Bertz CT molecular complexity index is 1130. The second-order valence-corrected chi connectivity index (χ2v) is 8.48. The van der Waals surface area contributed by atoms with Crippen molar-refractivity contribution in [2.24, 2.45) is 10.7 Å². The molecular formula is C22H22FN5OS. The monoisotopic (exact) mass is 423 g/mol. The van der Waals surface area contributed by atoms with Gasteiger partial charge in [-0.25, -0.2) is 9.07 Å². The number of hydrogen-bond donors (Lipinski definition) is 2. The van der Waals surface area contributed by atoms with Crippen LogP contribution in [0.5, 0.6) is 0 Å². The third-order valence-electron chi connectivity index (χ3n) is 5.26. The molecule has 0 saturated carbocycles. The summed E-state index contributed by atoms with van der Waals surface area (Å²) in [7, 11) is 0. The molecule has 2 aromatic carbocycles. The number of benzene rings is 2. The van der Waals surface area contributed by atoms with Crippen LogP contribution in [0.3, 0.4) is 0 Å². The summed E-state index contributed by atoms with van der Waals surface area (Å²) in [6.45, 7) is 3.70. The SMILES string of the molecule is Cc1c(C(=O)Nc2ccc(F)c(C3(C)CCSC(N)=N3)c2)cnn1-c1ccccc1. The molecule has 2 heterocycles. The van der Waals surface area contributed by atoms with E-state index in [-0.39, 0.29) is 11.7 Å². The van der Waals surface area contributed by atoms with Gasteiger partial charge in [-0.1, -0.05) is 30.0 Å². The highest BCUT2D eigenvalue weighted by atomic mass is 32.2. The van der Waals surface area contributed by atoms with E-state index in [0.717, 1.165) is 17.1 Å². The summed E-state index contributed by atoms with van der Waals surface area (Å²) in [6.07, 6.45) is 2.20. The second kappa shape index (κ2) is 7.95. The maximum absolute atomic E-state index is 14.6. The lowest BCUT2D eigenvalue weighted by molar-refractivity contribution is 0.102. The van der Waals surface area contributed by atoms with Crippen LogP contribution in [0.1, 0.15) is 35.0 Å². The number of halogens is 1. The smallest absolute Gasteiger partial charge is 0.259 e. The number of amidine groups is 1. The first-order valence-corrected chi connectivity index (χ1v) is 10.6. The van der Waals surface area contributed by atoms with Crippen LogP contribution in [0.2, 0.25) is 0 Å². The third kappa shape index (κ3) is 3.82. The van der Waals surface area contributed by atoms with Crippen LogP contribution in [-0.2, 0) is 5.54 Å². The molecule has 1 aliphatic heterocycles. The molecule has 0 spiro atoms. The van der Waals surface area contributed by atoms with Crippen LogP contribution in [0.25, 0.3) is 5.69 Å². The molecule has 1 aromatic heterocycles. The summed E-state index contributed by atoms with van der Waals surface area (Å²) in [5.41, 5.74) is 8.07. The minimum Gasteiger partial charge on any atom is -0.379 e. The Kier molecular flexibility index (Phi) is 5.34. The number of nitrogens with two attached hydrogens (primary N) is 1. The first-order chi connectivity index (χ1) is 14.4. The van der Waals surface area contributed by atoms with Crippen LogP contribution >= 0.6 is 11.8 Å². The van der Waals surface area contributed by atoms with Crippen molar-refractivity contribution in [3.8, 4) is 5.69 Å². The van der Waals surface area contributed by atoms with E-state index in [0.29, 0.717) is 28.4 Å². The highest BCUT2D eigenvalue weighted by molar-refractivity contribution is 8.13. The number of rotatable bonds is 4. The largest absolute Gasteiger partial charge is 0.379 e. The molecule has 0 radical (unpaired) electrons. The maximum atomic E-state index is 14.6. The van der Waals surface area contributed by atoms with Gasteiger partial charge in [-0.2, -0.15) is 5.10 Å². The molecule has 0 saturated heterocycles. The summed E-state index contributed by atoms with van der Waals surface area (Å²) in [6, 6.07) is 14.1. The Hall–Kier alpha value is -3.13. The molecule has 1 atom stereocenters. The van der Waals surface area contributed by atoms with E-state index in [2.05, 4.69) is 15.4 Å². The normalized spacial score (nSPS) is 18.7. The van der Waals surface area contributed by atoms with Gasteiger partial charge in [0, 0.05) is 17.0 Å². The van der Waals surface area contributed by atoms with Crippen molar-refractivity contribution in [3.05, 3.63) is 77.4 Å². The van der Waals surface area contributed by atoms with E-state index in [4.69, 9.17) is 5.73 Å². The first kappa shape index (κ1) is 20.2. The fraction of sp³-hybridized carbons (Fsp3) is 0.227. The molecule has 6 nitrogen and oxygen atoms in total. The average Bonchev–Trinajstić information content (AvgIpc) is 3.11. The minimum absolute atomic E-state index is 0.306. The van der Waals surface area contributed by atoms with Gasteiger partial charge in [0.05, 0.1) is 28.7 Å². The van der Waals surface area contributed by atoms with Crippen LogP contribution in [-0.4, -0.2) is 26.6 Å². The minimum atomic E-state index is -0.756. The van der Waals surface area contributed by atoms with Crippen LogP contribution in [0.4, 0.5) is 10.1 Å². The lowest BCUT2D eigenvalue weighted by Gasteiger charge is -2.30. The van der Waals surface area contributed by atoms with Crippen LogP contribution < -0.4 is 11.1 Å². The highest BCUT2D eigenvalue weighted by Crippen LogP contribution is 2.37. The zero-order valence-corrected chi connectivity index (χ0v) is 17.5. The predicted octanol–water partition coefficient (Wildman–Crippen LogP) is 4.24. The number of para-hydroxylation sites is 1. The molecule has 3 aromatic rings. The Morgan fingerprint density at radius 2 is 2.03 bits per heavy atom. The Morgan fingerprint density at radius 3 is 2.77 bits per heavy atom. The summed E-state index contributed by atoms with van der Waals surface area (Å²) in [5, 5.41) is 7.64. The average molecular weight is 424 g/mol. The van der Waals surface area contributed by atoms with Gasteiger partial charge in [-0.05, 0) is 50.6 Å². The first-order valence-electron chi connectivity index (χ1n) is 9.57. The molecule has 30 heavy (non-hydrogen) atoms. The Labute approximate surface area is 178 Å². The maximum Gasteiger partial charge on any atom is 0.259 e. The fourth-order valence-electron chi connectivity index (χ4n) is 3.56. The van der Waals surface area contributed by atoms with Crippen molar-refractivity contribution >= 4 is 28.5 Å². The molecule has 1 aliphatic rings. The summed E-state index contributed by atoms with van der Waals surface area (Å²) in [5.74, 6) is 0.0892. The van der Waals surface area contributed by atoms with Gasteiger partial charge in [0.1, 0.15) is 5.82 Å². The summed E-state index contributed by atoms with van der Waals surface area (Å²) >= 11 is 1.46. The number of nitrogens with one attached hydrogen (secondary N) is 1. The number of carbonyl (C=O) groups is 1. The topological polar surface area (TPSA) is 85.3 Å². The van der Waals surface area contributed by atoms with Crippen molar-refractivity contribution in [1.29, 1.82) is 0 Å². The number of aromatic nitrogens is 2. The molecule has 154 valence electrons. The van der Waals surface area contributed by atoms with E-state index >= 15 is 0 Å². The number of thioether (sulfide) groups is 1. The Balaban J connectivity index is 1.61. The molecule has 1 unspecified atom stereocenters. The quantitative estimate of drug-likeness (QED) is 0.657. The third-order valence-corrected chi connectivity index (χ3v) is 6.05. The molecule has 0 bridgehead atoms. The predicted molar refractivity (Wildman–Crippen MR) is 119 cm³/mol. The summed E-state index contributed by atoms with van der Waals surface area (Å²) < 4.78 is 16.3. The number of aliphatic imine (C=N–C) groups is 1. The number of hydrogen-bond acceptors (Lipinski definition) is 5. The van der Waals surface area contributed by atoms with Gasteiger partial charge in [0.25, 0.3) is 5.91 Å². The number of anilines is 1. The zero-order chi connectivity index (χ0) is 21.3. The Morgan fingerprint density at radius 1 is 1.27 bits per heavy atom. The van der Waals surface area contributed by atoms with Gasteiger partial charge in [-0.15, -0.1) is 0 Å². The van der Waals surface area contributed by atoms with Gasteiger partial charge in [-0.3, -0.25) is 9.79 Å². The number of nitrogens with zero attached hydrogens (tertiary/aromatic N) is 3. The van der Waals surface area contributed by atoms with Gasteiger partial charge >= 0.3 is 0 Å². The molecule has 0 fully saturated rings. The van der Waals surface area contributed by atoms with E-state index < -0.39 is 5.54 Å². The molecular weight excluding hydrogens is 401 g/mol. The van der Waals surface area contributed by atoms with E-state index in [1.54, 1.807) is 16.8 Å². The second-order valence-electron chi connectivity index (χ2n) is 7.36. The van der Waals surface area contributed by atoms with Crippen LogP contribution in [0.15, 0.2) is 59.7 Å².